The van der Waals surface area contributed by atoms with Gasteiger partial charge in [0.25, 0.3) is 5.91 Å². The number of anilines is 1. The smallest absolute Gasteiger partial charge is 0.251 e. The Kier molecular flexibility index (Phi) is 7.77. The van der Waals surface area contributed by atoms with Gasteiger partial charge in [0.2, 0.25) is 11.0 Å². The molecule has 3 rings (SSSR count). The molecule has 0 atom stereocenters. The molecule has 0 bridgehead atoms. The van der Waals surface area contributed by atoms with Gasteiger partial charge in [0.1, 0.15) is 5.01 Å². The number of hydrogen-bond acceptors (Lipinski definition) is 6. The molecule has 0 aliphatic rings. The third-order valence-corrected chi connectivity index (χ3v) is 6.00. The predicted octanol–water partition coefficient (Wildman–Crippen LogP) is 4.04. The summed E-state index contributed by atoms with van der Waals surface area (Å²) in [5.41, 5.74) is 2.87. The number of nitrogens with zero attached hydrogens (tertiary/aromatic N) is 2. The van der Waals surface area contributed by atoms with Crippen molar-refractivity contribution in [3.05, 3.63) is 76.3 Å². The quantitative estimate of drug-likeness (QED) is 0.539. The maximum Gasteiger partial charge on any atom is 0.251 e. The summed E-state index contributed by atoms with van der Waals surface area (Å²) >= 11 is 3.13. The number of carbonyl (C=O) groups excluding carboxylic acids is 2. The van der Waals surface area contributed by atoms with Crippen LogP contribution in [0.5, 0.6) is 0 Å². The van der Waals surface area contributed by atoms with Gasteiger partial charge in [0, 0.05) is 30.0 Å². The van der Waals surface area contributed by atoms with E-state index in [2.05, 4.69) is 33.0 Å². The summed E-state index contributed by atoms with van der Waals surface area (Å²) in [6.45, 7) is 2.19. The second-order valence-electron chi connectivity index (χ2n) is 6.40. The number of aryl methyl sites for hydroxylation is 1. The number of hydrogen-bond donors (Lipinski definition) is 2. The highest BCUT2D eigenvalue weighted by Crippen LogP contribution is 2.22. The van der Waals surface area contributed by atoms with E-state index >= 15 is 0 Å². The fraction of sp³-hybridized carbons (Fsp3) is 0.238. The van der Waals surface area contributed by atoms with Gasteiger partial charge >= 0.3 is 0 Å². The Labute approximate surface area is 178 Å². The lowest BCUT2D eigenvalue weighted by atomic mass is 10.1. The Morgan fingerprint density at radius 2 is 1.86 bits per heavy atom. The summed E-state index contributed by atoms with van der Waals surface area (Å²) in [6, 6.07) is 17.6. The standard InChI is InChI=1S/C21H22N4O2S2/c1-15-6-5-9-17(12-15)20(27)22-11-10-18(26)23-21-25-24-19(29-21)14-28-13-16-7-3-2-4-8-16/h2-9,12H,10-11,13-14H2,1H3,(H,22,27)(H,23,25,26). The Bertz CT molecular complexity index is 960. The Hall–Kier alpha value is -2.71. The average molecular weight is 427 g/mol. The molecule has 0 aliphatic heterocycles. The van der Waals surface area contributed by atoms with Crippen molar-refractivity contribution in [3.63, 3.8) is 0 Å². The Morgan fingerprint density at radius 1 is 1.03 bits per heavy atom. The molecule has 2 N–H and O–H groups in total. The van der Waals surface area contributed by atoms with E-state index in [1.54, 1.807) is 17.8 Å². The van der Waals surface area contributed by atoms with Crippen LogP contribution in [0, 0.1) is 6.92 Å². The molecule has 0 aliphatic carbocycles. The van der Waals surface area contributed by atoms with Crippen molar-refractivity contribution in [2.24, 2.45) is 0 Å². The highest BCUT2D eigenvalue weighted by molar-refractivity contribution is 7.97. The molecule has 0 unspecified atom stereocenters. The Balaban J connectivity index is 1.37. The topological polar surface area (TPSA) is 84.0 Å². The monoisotopic (exact) mass is 426 g/mol. The normalized spacial score (nSPS) is 10.5. The zero-order chi connectivity index (χ0) is 20.5. The molecule has 3 aromatic rings. The summed E-state index contributed by atoms with van der Waals surface area (Å²) in [5.74, 6) is 1.27. The van der Waals surface area contributed by atoms with Crippen LogP contribution in [0.3, 0.4) is 0 Å². The van der Waals surface area contributed by atoms with Crippen molar-refractivity contribution in [1.82, 2.24) is 15.5 Å². The number of nitrogens with one attached hydrogen (secondary N) is 2. The summed E-state index contributed by atoms with van der Waals surface area (Å²) in [5, 5.41) is 15.0. The highest BCUT2D eigenvalue weighted by atomic mass is 32.2. The minimum absolute atomic E-state index is 0.176. The number of aromatic nitrogens is 2. The van der Waals surface area contributed by atoms with Crippen LogP contribution in [-0.2, 0) is 16.3 Å². The minimum atomic E-state index is -0.200. The van der Waals surface area contributed by atoms with Crippen molar-refractivity contribution in [2.45, 2.75) is 24.9 Å². The summed E-state index contributed by atoms with van der Waals surface area (Å²) < 4.78 is 0. The van der Waals surface area contributed by atoms with Crippen LogP contribution in [0.15, 0.2) is 54.6 Å². The van der Waals surface area contributed by atoms with Crippen molar-refractivity contribution in [2.75, 3.05) is 11.9 Å². The maximum atomic E-state index is 12.1. The SMILES string of the molecule is Cc1cccc(C(=O)NCCC(=O)Nc2nnc(CSCc3ccccc3)s2)c1. The highest BCUT2D eigenvalue weighted by Gasteiger charge is 2.10. The van der Waals surface area contributed by atoms with Crippen molar-refractivity contribution < 1.29 is 9.59 Å². The lowest BCUT2D eigenvalue weighted by molar-refractivity contribution is -0.116. The molecule has 1 aromatic heterocycles. The van der Waals surface area contributed by atoms with Crippen LogP contribution in [0.25, 0.3) is 0 Å². The predicted molar refractivity (Wildman–Crippen MR) is 118 cm³/mol. The first kappa shape index (κ1) is 21.0. The van der Waals surface area contributed by atoms with Crippen molar-refractivity contribution in [3.8, 4) is 0 Å². The van der Waals surface area contributed by atoms with Gasteiger partial charge in [0.15, 0.2) is 0 Å². The third-order valence-electron chi connectivity index (χ3n) is 3.97. The van der Waals surface area contributed by atoms with Gasteiger partial charge in [-0.25, -0.2) is 0 Å². The van der Waals surface area contributed by atoms with Crippen LogP contribution in [0.2, 0.25) is 0 Å². The van der Waals surface area contributed by atoms with Gasteiger partial charge in [-0.15, -0.1) is 22.0 Å². The maximum absolute atomic E-state index is 12.1. The summed E-state index contributed by atoms with van der Waals surface area (Å²) in [6.07, 6.45) is 0.176. The molecular formula is C21H22N4O2S2. The van der Waals surface area contributed by atoms with Gasteiger partial charge in [-0.3, -0.25) is 9.59 Å². The van der Waals surface area contributed by atoms with E-state index in [9.17, 15) is 9.59 Å². The first-order valence-electron chi connectivity index (χ1n) is 9.19. The van der Waals surface area contributed by atoms with Crippen molar-refractivity contribution in [1.29, 1.82) is 0 Å². The molecule has 2 amide bonds. The number of carbonyl (C=O) groups is 2. The summed E-state index contributed by atoms with van der Waals surface area (Å²) in [4.78, 5) is 24.1. The molecule has 2 aromatic carbocycles. The second kappa shape index (κ2) is 10.7. The molecule has 0 saturated heterocycles. The number of thioether (sulfide) groups is 1. The zero-order valence-corrected chi connectivity index (χ0v) is 17.7. The van der Waals surface area contributed by atoms with E-state index in [-0.39, 0.29) is 24.8 Å². The van der Waals surface area contributed by atoms with Gasteiger partial charge in [0.05, 0.1) is 0 Å². The molecule has 0 fully saturated rings. The van der Waals surface area contributed by atoms with E-state index in [4.69, 9.17) is 0 Å². The van der Waals surface area contributed by atoms with Gasteiger partial charge in [-0.1, -0.05) is 59.4 Å². The van der Waals surface area contributed by atoms with Crippen LogP contribution < -0.4 is 10.6 Å². The van der Waals surface area contributed by atoms with E-state index in [0.717, 1.165) is 22.1 Å². The van der Waals surface area contributed by atoms with Gasteiger partial charge in [-0.05, 0) is 24.6 Å². The average Bonchev–Trinajstić information content (AvgIpc) is 3.15. The fourth-order valence-electron chi connectivity index (χ4n) is 2.55. The number of rotatable bonds is 9. The molecule has 29 heavy (non-hydrogen) atoms. The fourth-order valence-corrected chi connectivity index (χ4v) is 4.35. The number of amides is 2. The van der Waals surface area contributed by atoms with E-state index in [1.165, 1.54) is 16.9 Å². The van der Waals surface area contributed by atoms with E-state index in [0.29, 0.717) is 10.7 Å². The first-order valence-corrected chi connectivity index (χ1v) is 11.2. The lowest BCUT2D eigenvalue weighted by Crippen LogP contribution is -2.27. The van der Waals surface area contributed by atoms with Crippen LogP contribution >= 0.6 is 23.1 Å². The summed E-state index contributed by atoms with van der Waals surface area (Å²) in [7, 11) is 0. The van der Waals surface area contributed by atoms with E-state index in [1.807, 2.05) is 43.3 Å². The third kappa shape index (κ3) is 6.99. The lowest BCUT2D eigenvalue weighted by Gasteiger charge is -2.05. The van der Waals surface area contributed by atoms with Crippen LogP contribution in [-0.4, -0.2) is 28.6 Å². The molecule has 6 nitrogen and oxygen atoms in total. The van der Waals surface area contributed by atoms with Gasteiger partial charge in [-0.2, -0.15) is 0 Å². The molecule has 0 spiro atoms. The van der Waals surface area contributed by atoms with Crippen LogP contribution in [0.1, 0.15) is 32.9 Å². The number of benzene rings is 2. The molecule has 1 heterocycles. The molecule has 0 radical (unpaired) electrons. The second-order valence-corrected chi connectivity index (χ2v) is 8.45. The largest absolute Gasteiger partial charge is 0.352 e. The molecule has 0 saturated carbocycles. The Morgan fingerprint density at radius 3 is 2.66 bits per heavy atom. The molecule has 8 heteroatoms. The van der Waals surface area contributed by atoms with Crippen LogP contribution in [0.4, 0.5) is 5.13 Å². The van der Waals surface area contributed by atoms with E-state index < -0.39 is 0 Å². The van der Waals surface area contributed by atoms with Gasteiger partial charge < -0.3 is 10.6 Å². The molecule has 150 valence electrons. The van der Waals surface area contributed by atoms with Crippen molar-refractivity contribution >= 4 is 40.0 Å². The molecular weight excluding hydrogens is 404 g/mol. The first-order chi connectivity index (χ1) is 14.1. The zero-order valence-electron chi connectivity index (χ0n) is 16.1. The minimum Gasteiger partial charge on any atom is -0.352 e.